The number of rotatable bonds is 5. The maximum absolute atomic E-state index is 9.48. The van der Waals surface area contributed by atoms with Crippen LogP contribution in [0.3, 0.4) is 0 Å². The zero-order chi connectivity index (χ0) is 16.8. The highest BCUT2D eigenvalue weighted by molar-refractivity contribution is 5.76. The van der Waals surface area contributed by atoms with Gasteiger partial charge in [-0.15, -0.1) is 0 Å². The molecule has 3 aromatic carbocycles. The Morgan fingerprint density at radius 2 is 1.54 bits per heavy atom. The van der Waals surface area contributed by atoms with Crippen LogP contribution in [0.5, 0.6) is 5.75 Å². The van der Waals surface area contributed by atoms with E-state index in [1.807, 2.05) is 54.6 Å². The highest BCUT2D eigenvalue weighted by Gasteiger charge is 2.14. The van der Waals surface area contributed by atoms with Crippen molar-refractivity contribution in [1.82, 2.24) is 0 Å². The van der Waals surface area contributed by atoms with Gasteiger partial charge in [-0.2, -0.15) is 5.26 Å². The quantitative estimate of drug-likeness (QED) is 0.634. The van der Waals surface area contributed by atoms with Gasteiger partial charge in [-0.3, -0.25) is 0 Å². The molecule has 2 nitrogen and oxygen atoms in total. The first-order valence-electron chi connectivity index (χ1n) is 8.11. The van der Waals surface area contributed by atoms with Crippen molar-refractivity contribution >= 4 is 0 Å². The lowest BCUT2D eigenvalue weighted by atomic mass is 9.96. The Morgan fingerprint density at radius 1 is 0.833 bits per heavy atom. The summed E-state index contributed by atoms with van der Waals surface area (Å²) >= 11 is 0. The summed E-state index contributed by atoms with van der Waals surface area (Å²) in [7, 11) is 0. The molecule has 0 aliphatic heterocycles. The monoisotopic (exact) mass is 313 g/mol. The average molecular weight is 313 g/mol. The molecule has 3 aromatic rings. The van der Waals surface area contributed by atoms with Crippen molar-refractivity contribution in [3.05, 3.63) is 89.5 Å². The minimum atomic E-state index is 0.445. The fourth-order valence-electron chi connectivity index (χ4n) is 2.81. The Morgan fingerprint density at radius 3 is 2.29 bits per heavy atom. The molecule has 0 unspecified atom stereocenters. The number of nitriles is 1. The molecule has 0 saturated heterocycles. The van der Waals surface area contributed by atoms with Crippen molar-refractivity contribution in [3.63, 3.8) is 0 Å². The Kier molecular flexibility index (Phi) is 4.93. The van der Waals surface area contributed by atoms with Gasteiger partial charge in [0.2, 0.25) is 0 Å². The van der Waals surface area contributed by atoms with Crippen LogP contribution < -0.4 is 4.74 Å². The van der Waals surface area contributed by atoms with Crippen LogP contribution in [-0.2, 0) is 13.0 Å². The average Bonchev–Trinajstić information content (AvgIpc) is 2.66. The van der Waals surface area contributed by atoms with E-state index in [1.54, 1.807) is 6.07 Å². The SMILES string of the molecule is CCc1ccccc1-c1cccc(C#N)c1OCc1ccccc1. The highest BCUT2D eigenvalue weighted by atomic mass is 16.5. The fraction of sp³-hybridized carbons (Fsp3) is 0.136. The van der Waals surface area contributed by atoms with Crippen molar-refractivity contribution in [2.24, 2.45) is 0 Å². The first-order chi connectivity index (χ1) is 11.8. The Bertz CT molecular complexity index is 863. The zero-order valence-electron chi connectivity index (χ0n) is 13.7. The largest absolute Gasteiger partial charge is 0.487 e. The number of aryl methyl sites for hydroxylation is 1. The maximum Gasteiger partial charge on any atom is 0.145 e. The zero-order valence-corrected chi connectivity index (χ0v) is 13.7. The number of nitrogens with zero attached hydrogens (tertiary/aromatic N) is 1. The molecule has 3 rings (SSSR count). The molecule has 0 fully saturated rings. The smallest absolute Gasteiger partial charge is 0.145 e. The van der Waals surface area contributed by atoms with E-state index in [-0.39, 0.29) is 0 Å². The molecule has 0 aliphatic rings. The van der Waals surface area contributed by atoms with E-state index in [2.05, 4.69) is 25.1 Å². The summed E-state index contributed by atoms with van der Waals surface area (Å²) in [5.41, 5.74) is 4.99. The fourth-order valence-corrected chi connectivity index (χ4v) is 2.81. The van der Waals surface area contributed by atoms with Gasteiger partial charge in [0.1, 0.15) is 18.4 Å². The molecule has 0 aliphatic carbocycles. The van der Waals surface area contributed by atoms with Crippen LogP contribution in [0.4, 0.5) is 0 Å². The van der Waals surface area contributed by atoms with Crippen molar-refractivity contribution in [3.8, 4) is 22.9 Å². The molecule has 24 heavy (non-hydrogen) atoms. The van der Waals surface area contributed by atoms with Gasteiger partial charge >= 0.3 is 0 Å². The van der Waals surface area contributed by atoms with Gasteiger partial charge < -0.3 is 4.74 Å². The molecule has 0 radical (unpaired) electrons. The van der Waals surface area contributed by atoms with Crippen molar-refractivity contribution in [1.29, 1.82) is 5.26 Å². The first kappa shape index (κ1) is 15.8. The van der Waals surface area contributed by atoms with Gasteiger partial charge in [0.15, 0.2) is 0 Å². The number of hydrogen-bond donors (Lipinski definition) is 0. The van der Waals surface area contributed by atoms with Crippen LogP contribution in [0.1, 0.15) is 23.6 Å². The van der Waals surface area contributed by atoms with Gasteiger partial charge in [-0.1, -0.05) is 73.7 Å². The van der Waals surface area contributed by atoms with E-state index in [4.69, 9.17) is 4.74 Å². The van der Waals surface area contributed by atoms with E-state index >= 15 is 0 Å². The minimum Gasteiger partial charge on any atom is -0.487 e. The summed E-state index contributed by atoms with van der Waals surface area (Å²) in [5.74, 6) is 0.657. The van der Waals surface area contributed by atoms with Crippen molar-refractivity contribution in [2.45, 2.75) is 20.0 Å². The normalized spacial score (nSPS) is 10.2. The van der Waals surface area contributed by atoms with Crippen molar-refractivity contribution < 1.29 is 4.74 Å². The Hall–Kier alpha value is -3.05. The lowest BCUT2D eigenvalue weighted by Gasteiger charge is -2.15. The van der Waals surface area contributed by atoms with E-state index in [0.717, 1.165) is 23.1 Å². The Balaban J connectivity index is 2.02. The van der Waals surface area contributed by atoms with Gasteiger partial charge in [0.05, 0.1) is 5.56 Å². The van der Waals surface area contributed by atoms with Gasteiger partial charge in [0.25, 0.3) is 0 Å². The molecular formula is C22H19NO. The molecular weight excluding hydrogens is 294 g/mol. The third-order valence-electron chi connectivity index (χ3n) is 4.05. The van der Waals surface area contributed by atoms with Crippen LogP contribution in [0.2, 0.25) is 0 Å². The summed E-state index contributed by atoms with van der Waals surface area (Å²) in [6.45, 7) is 2.58. The minimum absolute atomic E-state index is 0.445. The van der Waals surface area contributed by atoms with Gasteiger partial charge in [-0.25, -0.2) is 0 Å². The summed E-state index contributed by atoms with van der Waals surface area (Å²) in [6.07, 6.45) is 0.936. The molecule has 0 bridgehead atoms. The molecule has 0 aromatic heterocycles. The molecule has 0 amide bonds. The molecule has 0 heterocycles. The number of benzene rings is 3. The van der Waals surface area contributed by atoms with E-state index in [9.17, 15) is 5.26 Å². The number of ether oxygens (including phenoxy) is 1. The van der Waals surface area contributed by atoms with Gasteiger partial charge in [-0.05, 0) is 29.2 Å². The third kappa shape index (κ3) is 3.31. The lowest BCUT2D eigenvalue weighted by Crippen LogP contribution is -2.00. The standard InChI is InChI=1S/C22H19NO/c1-2-18-11-6-7-13-20(18)21-14-8-12-19(15-23)22(21)24-16-17-9-4-3-5-10-17/h3-14H,2,16H2,1H3. The Labute approximate surface area is 143 Å². The topological polar surface area (TPSA) is 33.0 Å². The van der Waals surface area contributed by atoms with Crippen LogP contribution >= 0.6 is 0 Å². The second kappa shape index (κ2) is 7.48. The van der Waals surface area contributed by atoms with Crippen LogP contribution in [0.15, 0.2) is 72.8 Å². The highest BCUT2D eigenvalue weighted by Crippen LogP contribution is 2.35. The summed E-state index contributed by atoms with van der Waals surface area (Å²) in [5, 5.41) is 9.48. The van der Waals surface area contributed by atoms with E-state index in [1.165, 1.54) is 5.56 Å². The molecule has 0 atom stereocenters. The number of hydrogen-bond acceptors (Lipinski definition) is 2. The van der Waals surface area contributed by atoms with E-state index in [0.29, 0.717) is 17.9 Å². The summed E-state index contributed by atoms with van der Waals surface area (Å²) in [6, 6.07) is 26.3. The summed E-state index contributed by atoms with van der Waals surface area (Å²) in [4.78, 5) is 0. The van der Waals surface area contributed by atoms with Gasteiger partial charge in [0, 0.05) is 5.56 Å². The third-order valence-corrected chi connectivity index (χ3v) is 4.05. The molecule has 0 saturated carbocycles. The maximum atomic E-state index is 9.48. The second-order valence-corrected chi connectivity index (χ2v) is 5.58. The molecule has 2 heteroatoms. The van der Waals surface area contributed by atoms with Crippen LogP contribution in [-0.4, -0.2) is 0 Å². The number of para-hydroxylation sites is 1. The second-order valence-electron chi connectivity index (χ2n) is 5.58. The molecule has 118 valence electrons. The summed E-state index contributed by atoms with van der Waals surface area (Å²) < 4.78 is 6.08. The first-order valence-corrected chi connectivity index (χ1v) is 8.11. The lowest BCUT2D eigenvalue weighted by molar-refractivity contribution is 0.306. The van der Waals surface area contributed by atoms with E-state index < -0.39 is 0 Å². The van der Waals surface area contributed by atoms with Crippen molar-refractivity contribution in [2.75, 3.05) is 0 Å². The van der Waals surface area contributed by atoms with Crippen LogP contribution in [0.25, 0.3) is 11.1 Å². The molecule has 0 N–H and O–H groups in total. The predicted molar refractivity (Wildman–Crippen MR) is 96.7 cm³/mol. The predicted octanol–water partition coefficient (Wildman–Crippen LogP) is 5.37. The van der Waals surface area contributed by atoms with Crippen LogP contribution in [0, 0.1) is 11.3 Å². The molecule has 0 spiro atoms.